The largest absolute Gasteiger partial charge is 0.508 e. The number of hydrogen-bond acceptors (Lipinski definition) is 5. The molecule has 0 fully saturated rings. The number of aromatic nitrogens is 2. The number of nitrogens with zero attached hydrogens (tertiary/aromatic N) is 1. The summed E-state index contributed by atoms with van der Waals surface area (Å²) in [4.78, 5) is 19.0. The molecule has 23 heavy (non-hydrogen) atoms. The van der Waals surface area contributed by atoms with Gasteiger partial charge in [0.25, 0.3) is 5.56 Å². The van der Waals surface area contributed by atoms with E-state index in [0.29, 0.717) is 11.3 Å². The molecule has 0 bridgehead atoms. The lowest BCUT2D eigenvalue weighted by molar-refractivity contribution is 0.420. The van der Waals surface area contributed by atoms with Crippen molar-refractivity contribution >= 4 is 0 Å². The zero-order chi connectivity index (χ0) is 16.0. The maximum atomic E-state index is 12.3. The number of phenolic OH excluding ortho intramolecular Hbond substituents is 2. The van der Waals surface area contributed by atoms with Gasteiger partial charge in [-0.25, -0.2) is 4.98 Å². The Labute approximate surface area is 130 Å². The van der Waals surface area contributed by atoms with Crippen LogP contribution in [0.3, 0.4) is 0 Å². The number of phenols is 2. The standard InChI is InChI=1S/C17H12N2O4/c20-10-3-1-9(2-4-10)14-12-6-5-11(21)7-13(12)23-17-15(14)16(22)18-8-19-17/h1-8,14,20-21H,(H,18,19,22). The van der Waals surface area contributed by atoms with Crippen LogP contribution in [0.5, 0.6) is 23.1 Å². The molecule has 0 spiro atoms. The molecule has 0 saturated heterocycles. The Morgan fingerprint density at radius 3 is 2.57 bits per heavy atom. The van der Waals surface area contributed by atoms with Crippen molar-refractivity contribution in [3.05, 3.63) is 75.8 Å². The van der Waals surface area contributed by atoms with Crippen LogP contribution in [0.1, 0.15) is 22.6 Å². The van der Waals surface area contributed by atoms with Gasteiger partial charge in [0.05, 0.1) is 11.9 Å². The highest BCUT2D eigenvalue weighted by Gasteiger charge is 2.32. The van der Waals surface area contributed by atoms with Gasteiger partial charge in [-0.1, -0.05) is 18.2 Å². The van der Waals surface area contributed by atoms with Crippen molar-refractivity contribution in [3.63, 3.8) is 0 Å². The molecule has 6 heteroatoms. The third kappa shape index (κ3) is 2.12. The fourth-order valence-corrected chi connectivity index (χ4v) is 2.85. The molecule has 0 saturated carbocycles. The quantitative estimate of drug-likeness (QED) is 0.502. The van der Waals surface area contributed by atoms with Crippen LogP contribution in [0.15, 0.2) is 53.6 Å². The van der Waals surface area contributed by atoms with E-state index in [2.05, 4.69) is 9.97 Å². The average Bonchev–Trinajstić information content (AvgIpc) is 2.54. The Morgan fingerprint density at radius 2 is 1.78 bits per heavy atom. The van der Waals surface area contributed by atoms with Crippen molar-refractivity contribution in [2.75, 3.05) is 0 Å². The summed E-state index contributed by atoms with van der Waals surface area (Å²) >= 11 is 0. The van der Waals surface area contributed by atoms with Crippen molar-refractivity contribution in [2.24, 2.45) is 0 Å². The Bertz CT molecular complexity index is 948. The zero-order valence-electron chi connectivity index (χ0n) is 11.9. The highest BCUT2D eigenvalue weighted by molar-refractivity contribution is 5.57. The molecule has 1 aliphatic rings. The number of ether oxygens (including phenoxy) is 1. The molecule has 1 aromatic heterocycles. The minimum atomic E-state index is -0.396. The van der Waals surface area contributed by atoms with Gasteiger partial charge in [0, 0.05) is 17.5 Å². The van der Waals surface area contributed by atoms with E-state index >= 15 is 0 Å². The summed E-state index contributed by atoms with van der Waals surface area (Å²) in [6.45, 7) is 0. The van der Waals surface area contributed by atoms with E-state index in [9.17, 15) is 15.0 Å². The molecule has 0 radical (unpaired) electrons. The molecule has 2 aromatic carbocycles. The summed E-state index contributed by atoms with van der Waals surface area (Å²) < 4.78 is 5.67. The summed E-state index contributed by atoms with van der Waals surface area (Å²) in [5.41, 5.74) is 1.68. The summed E-state index contributed by atoms with van der Waals surface area (Å²) in [7, 11) is 0. The molecule has 6 nitrogen and oxygen atoms in total. The monoisotopic (exact) mass is 308 g/mol. The molecule has 114 valence electrons. The van der Waals surface area contributed by atoms with Gasteiger partial charge in [-0.05, 0) is 23.8 Å². The van der Waals surface area contributed by atoms with Gasteiger partial charge >= 0.3 is 0 Å². The maximum Gasteiger partial charge on any atom is 0.258 e. The van der Waals surface area contributed by atoms with Crippen LogP contribution < -0.4 is 10.3 Å². The molecule has 1 unspecified atom stereocenters. The second-order valence-corrected chi connectivity index (χ2v) is 5.30. The normalized spacial score (nSPS) is 15.4. The van der Waals surface area contributed by atoms with Crippen molar-refractivity contribution in [2.45, 2.75) is 5.92 Å². The summed E-state index contributed by atoms with van der Waals surface area (Å²) in [6.07, 6.45) is 1.28. The molecule has 3 N–H and O–H groups in total. The Morgan fingerprint density at radius 1 is 1.04 bits per heavy atom. The van der Waals surface area contributed by atoms with Gasteiger partial charge in [-0.3, -0.25) is 4.79 Å². The van der Waals surface area contributed by atoms with Crippen LogP contribution in [-0.4, -0.2) is 20.2 Å². The fourth-order valence-electron chi connectivity index (χ4n) is 2.85. The van der Waals surface area contributed by atoms with E-state index < -0.39 is 5.92 Å². The molecule has 2 heterocycles. The molecule has 0 aliphatic carbocycles. The second-order valence-electron chi connectivity index (χ2n) is 5.30. The summed E-state index contributed by atoms with van der Waals surface area (Å²) in [6, 6.07) is 11.4. The molecule has 3 aromatic rings. The lowest BCUT2D eigenvalue weighted by atomic mass is 9.84. The molecule has 1 aliphatic heterocycles. The first kappa shape index (κ1) is 13.4. The van der Waals surface area contributed by atoms with E-state index in [-0.39, 0.29) is 22.9 Å². The Hall–Kier alpha value is -3.28. The first-order chi connectivity index (χ1) is 11.1. The predicted octanol–water partition coefficient (Wildman–Crippen LogP) is 2.47. The number of rotatable bonds is 1. The van der Waals surface area contributed by atoms with E-state index in [4.69, 9.17) is 4.74 Å². The zero-order valence-corrected chi connectivity index (χ0v) is 11.9. The van der Waals surface area contributed by atoms with E-state index in [1.165, 1.54) is 12.4 Å². The van der Waals surface area contributed by atoms with E-state index in [1.807, 2.05) is 0 Å². The minimum absolute atomic E-state index is 0.0708. The third-order valence-electron chi connectivity index (χ3n) is 3.88. The van der Waals surface area contributed by atoms with Crippen LogP contribution in [0.25, 0.3) is 0 Å². The van der Waals surface area contributed by atoms with E-state index in [0.717, 1.165) is 11.1 Å². The molecule has 4 rings (SSSR count). The minimum Gasteiger partial charge on any atom is -0.508 e. The summed E-state index contributed by atoms with van der Waals surface area (Å²) in [5.74, 6) is 0.486. The highest BCUT2D eigenvalue weighted by atomic mass is 16.5. The number of aromatic hydroxyl groups is 2. The topological polar surface area (TPSA) is 95.4 Å². The number of nitrogens with one attached hydrogen (secondary N) is 1. The SMILES string of the molecule is O=c1[nH]cnc2c1C(c1ccc(O)cc1)c1ccc(O)cc1O2. The average molecular weight is 308 g/mol. The van der Waals surface area contributed by atoms with Gasteiger partial charge in [-0.2, -0.15) is 0 Å². The molecule has 0 amide bonds. The van der Waals surface area contributed by atoms with Crippen molar-refractivity contribution in [1.82, 2.24) is 9.97 Å². The number of benzene rings is 2. The lowest BCUT2D eigenvalue weighted by Gasteiger charge is -2.26. The lowest BCUT2D eigenvalue weighted by Crippen LogP contribution is -2.23. The van der Waals surface area contributed by atoms with Gasteiger partial charge < -0.3 is 19.9 Å². The van der Waals surface area contributed by atoms with Gasteiger partial charge in [-0.15, -0.1) is 0 Å². The first-order valence-electron chi connectivity index (χ1n) is 7.01. The smallest absolute Gasteiger partial charge is 0.258 e. The van der Waals surface area contributed by atoms with Gasteiger partial charge in [0.1, 0.15) is 17.2 Å². The predicted molar refractivity (Wildman–Crippen MR) is 82.1 cm³/mol. The van der Waals surface area contributed by atoms with Gasteiger partial charge in [0.15, 0.2) is 0 Å². The fraction of sp³-hybridized carbons (Fsp3) is 0.0588. The number of fused-ring (bicyclic) bond motifs is 2. The molecule has 1 atom stereocenters. The van der Waals surface area contributed by atoms with E-state index in [1.54, 1.807) is 36.4 Å². The first-order valence-corrected chi connectivity index (χ1v) is 7.01. The van der Waals surface area contributed by atoms with Crippen LogP contribution in [0.2, 0.25) is 0 Å². The Kier molecular flexibility index (Phi) is 2.84. The third-order valence-corrected chi connectivity index (χ3v) is 3.88. The van der Waals surface area contributed by atoms with Crippen LogP contribution in [0, 0.1) is 0 Å². The molecular formula is C17H12N2O4. The Balaban J connectivity index is 2.00. The van der Waals surface area contributed by atoms with Crippen LogP contribution in [-0.2, 0) is 0 Å². The maximum absolute atomic E-state index is 12.3. The van der Waals surface area contributed by atoms with Crippen LogP contribution >= 0.6 is 0 Å². The summed E-state index contributed by atoms with van der Waals surface area (Å²) in [5, 5.41) is 19.2. The second kappa shape index (κ2) is 4.88. The van der Waals surface area contributed by atoms with Crippen molar-refractivity contribution in [3.8, 4) is 23.1 Å². The van der Waals surface area contributed by atoms with Crippen molar-refractivity contribution in [1.29, 1.82) is 0 Å². The number of H-pyrrole nitrogens is 1. The highest BCUT2D eigenvalue weighted by Crippen LogP contribution is 2.45. The van der Waals surface area contributed by atoms with Gasteiger partial charge in [0.2, 0.25) is 5.88 Å². The van der Waals surface area contributed by atoms with Crippen molar-refractivity contribution < 1.29 is 14.9 Å². The number of hydrogen-bond donors (Lipinski definition) is 3. The molecular weight excluding hydrogens is 296 g/mol. The number of aromatic amines is 1. The van der Waals surface area contributed by atoms with Crippen LogP contribution in [0.4, 0.5) is 0 Å².